The van der Waals surface area contributed by atoms with Gasteiger partial charge in [0, 0.05) is 33.6 Å². The minimum absolute atomic E-state index is 0. The summed E-state index contributed by atoms with van der Waals surface area (Å²) in [4.78, 5) is 19.2. The minimum Gasteiger partial charge on any atom is -0.370 e. The number of guanidine groups is 1. The van der Waals surface area contributed by atoms with Crippen molar-refractivity contribution in [1.82, 2.24) is 9.80 Å². The second kappa shape index (κ2) is 8.54. The lowest BCUT2D eigenvalue weighted by atomic mass is 10.1. The van der Waals surface area contributed by atoms with Crippen LogP contribution in [0.5, 0.6) is 0 Å². The molecule has 1 fully saturated rings. The van der Waals surface area contributed by atoms with Crippen LogP contribution in [0.1, 0.15) is 25.7 Å². The number of carbonyl (C=O) groups is 1. The van der Waals surface area contributed by atoms with Crippen LogP contribution in [0.3, 0.4) is 0 Å². The van der Waals surface area contributed by atoms with Crippen molar-refractivity contribution in [1.29, 1.82) is 0 Å². The van der Waals surface area contributed by atoms with E-state index in [2.05, 4.69) is 9.89 Å². The molecule has 100 valence electrons. The number of halogens is 1. The van der Waals surface area contributed by atoms with Crippen molar-refractivity contribution in [2.75, 3.05) is 33.7 Å². The fourth-order valence-corrected chi connectivity index (χ4v) is 1.71. The minimum atomic E-state index is 0. The normalized spacial score (nSPS) is 16.4. The maximum Gasteiger partial charge on any atom is 0.223 e. The number of rotatable bonds is 3. The van der Waals surface area contributed by atoms with E-state index in [0.29, 0.717) is 18.9 Å². The van der Waals surface area contributed by atoms with Gasteiger partial charge in [-0.25, -0.2) is 0 Å². The molecule has 0 aromatic rings. The summed E-state index contributed by atoms with van der Waals surface area (Å²) in [5.74, 6) is 0.682. The third kappa shape index (κ3) is 6.09. The van der Waals surface area contributed by atoms with Gasteiger partial charge >= 0.3 is 0 Å². The molecule has 0 spiro atoms. The standard InChI is InChI=1S/C11H22N4O.HI/c1-14(2)10(16)6-7-13-11(12)15-8-4-3-5-9-15;/h3-9H2,1-2H3,(H2,12,13);1H. The summed E-state index contributed by atoms with van der Waals surface area (Å²) in [5.41, 5.74) is 5.86. The zero-order valence-corrected chi connectivity index (χ0v) is 13.0. The van der Waals surface area contributed by atoms with Crippen LogP contribution in [-0.2, 0) is 4.79 Å². The summed E-state index contributed by atoms with van der Waals surface area (Å²) >= 11 is 0. The van der Waals surface area contributed by atoms with E-state index < -0.39 is 0 Å². The van der Waals surface area contributed by atoms with Crippen molar-refractivity contribution in [2.24, 2.45) is 10.7 Å². The lowest BCUT2D eigenvalue weighted by Gasteiger charge is -2.27. The van der Waals surface area contributed by atoms with E-state index in [9.17, 15) is 4.79 Å². The number of piperidine rings is 1. The van der Waals surface area contributed by atoms with Crippen molar-refractivity contribution >= 4 is 35.8 Å². The Morgan fingerprint density at radius 2 is 1.88 bits per heavy atom. The number of nitrogens with two attached hydrogens (primary N) is 1. The molecule has 1 aliphatic rings. The molecule has 1 amide bonds. The number of nitrogens with zero attached hydrogens (tertiary/aromatic N) is 3. The summed E-state index contributed by atoms with van der Waals surface area (Å²) < 4.78 is 0. The van der Waals surface area contributed by atoms with Crippen LogP contribution in [0.25, 0.3) is 0 Å². The van der Waals surface area contributed by atoms with E-state index in [1.807, 2.05) is 0 Å². The number of hydrogen-bond donors (Lipinski definition) is 1. The summed E-state index contributed by atoms with van der Waals surface area (Å²) in [6, 6.07) is 0. The highest BCUT2D eigenvalue weighted by molar-refractivity contribution is 14.0. The van der Waals surface area contributed by atoms with Crippen LogP contribution in [0.15, 0.2) is 4.99 Å². The van der Waals surface area contributed by atoms with Crippen molar-refractivity contribution in [3.8, 4) is 0 Å². The Hall–Kier alpha value is -0.530. The second-order valence-electron chi connectivity index (χ2n) is 4.33. The molecule has 0 aromatic carbocycles. The van der Waals surface area contributed by atoms with Gasteiger partial charge < -0.3 is 15.5 Å². The first-order valence-electron chi connectivity index (χ1n) is 5.86. The first-order chi connectivity index (χ1) is 7.61. The van der Waals surface area contributed by atoms with Crippen LogP contribution >= 0.6 is 24.0 Å². The first kappa shape index (κ1) is 16.5. The van der Waals surface area contributed by atoms with E-state index in [4.69, 9.17) is 5.73 Å². The zero-order chi connectivity index (χ0) is 12.0. The molecule has 1 rings (SSSR count). The summed E-state index contributed by atoms with van der Waals surface area (Å²) in [7, 11) is 3.50. The molecule has 0 aromatic heterocycles. The molecule has 5 nitrogen and oxygen atoms in total. The van der Waals surface area contributed by atoms with Gasteiger partial charge in [-0.15, -0.1) is 24.0 Å². The van der Waals surface area contributed by atoms with E-state index in [0.717, 1.165) is 13.1 Å². The monoisotopic (exact) mass is 354 g/mol. The Labute approximate surface area is 120 Å². The summed E-state index contributed by atoms with van der Waals surface area (Å²) in [5, 5.41) is 0. The number of aliphatic imine (C=N–C) groups is 1. The lowest BCUT2D eigenvalue weighted by Crippen LogP contribution is -2.41. The van der Waals surface area contributed by atoms with Gasteiger partial charge in [-0.05, 0) is 19.3 Å². The molecule has 2 N–H and O–H groups in total. The maximum atomic E-state index is 11.3. The Bertz CT molecular complexity index is 262. The Balaban J connectivity index is 0.00000256. The average molecular weight is 354 g/mol. The van der Waals surface area contributed by atoms with Crippen LogP contribution in [0.4, 0.5) is 0 Å². The van der Waals surface area contributed by atoms with Gasteiger partial charge in [-0.2, -0.15) is 0 Å². The fourth-order valence-electron chi connectivity index (χ4n) is 1.71. The van der Waals surface area contributed by atoms with Crippen LogP contribution in [-0.4, -0.2) is 55.4 Å². The molecule has 17 heavy (non-hydrogen) atoms. The van der Waals surface area contributed by atoms with Gasteiger partial charge in [0.15, 0.2) is 5.96 Å². The third-order valence-electron chi connectivity index (χ3n) is 2.78. The highest BCUT2D eigenvalue weighted by Crippen LogP contribution is 2.07. The van der Waals surface area contributed by atoms with Gasteiger partial charge in [0.25, 0.3) is 0 Å². The smallest absolute Gasteiger partial charge is 0.223 e. The highest BCUT2D eigenvalue weighted by atomic mass is 127. The third-order valence-corrected chi connectivity index (χ3v) is 2.78. The molecule has 0 aliphatic carbocycles. The highest BCUT2D eigenvalue weighted by Gasteiger charge is 2.11. The maximum absolute atomic E-state index is 11.3. The van der Waals surface area contributed by atoms with Crippen LogP contribution in [0.2, 0.25) is 0 Å². The predicted octanol–water partition coefficient (Wildman–Crippen LogP) is 0.883. The van der Waals surface area contributed by atoms with Crippen LogP contribution < -0.4 is 5.73 Å². The number of likely N-dealkylation sites (tertiary alicyclic amines) is 1. The van der Waals surface area contributed by atoms with Crippen molar-refractivity contribution in [3.63, 3.8) is 0 Å². The molecule has 0 bridgehead atoms. The van der Waals surface area contributed by atoms with Gasteiger partial charge in [-0.3, -0.25) is 9.79 Å². The van der Waals surface area contributed by atoms with Crippen molar-refractivity contribution in [3.05, 3.63) is 0 Å². The molecule has 1 saturated heterocycles. The summed E-state index contributed by atoms with van der Waals surface area (Å²) in [6.07, 6.45) is 4.09. The molecule has 0 radical (unpaired) electrons. The van der Waals surface area contributed by atoms with E-state index in [1.54, 1.807) is 19.0 Å². The van der Waals surface area contributed by atoms with Crippen molar-refractivity contribution < 1.29 is 4.79 Å². The molecule has 1 heterocycles. The quantitative estimate of drug-likeness (QED) is 0.465. The molecular weight excluding hydrogens is 331 g/mol. The number of hydrogen-bond acceptors (Lipinski definition) is 2. The second-order valence-corrected chi connectivity index (χ2v) is 4.33. The molecule has 1 aliphatic heterocycles. The van der Waals surface area contributed by atoms with Crippen LogP contribution in [0, 0.1) is 0 Å². The van der Waals surface area contributed by atoms with E-state index >= 15 is 0 Å². The SMILES string of the molecule is CN(C)C(=O)CCN=C(N)N1CCCCC1.I. The molecular formula is C11H23IN4O. The largest absolute Gasteiger partial charge is 0.370 e. The Morgan fingerprint density at radius 3 is 2.41 bits per heavy atom. The predicted molar refractivity (Wildman–Crippen MR) is 80.6 cm³/mol. The topological polar surface area (TPSA) is 61.9 Å². The lowest BCUT2D eigenvalue weighted by molar-refractivity contribution is -0.128. The van der Waals surface area contributed by atoms with E-state index in [-0.39, 0.29) is 29.9 Å². The zero-order valence-electron chi connectivity index (χ0n) is 10.7. The van der Waals surface area contributed by atoms with Gasteiger partial charge in [0.2, 0.25) is 5.91 Å². The summed E-state index contributed by atoms with van der Waals surface area (Å²) in [6.45, 7) is 2.48. The van der Waals surface area contributed by atoms with Gasteiger partial charge in [0.1, 0.15) is 0 Å². The molecule has 0 atom stereocenters. The molecule has 6 heteroatoms. The van der Waals surface area contributed by atoms with Crippen molar-refractivity contribution in [2.45, 2.75) is 25.7 Å². The average Bonchev–Trinajstić information content (AvgIpc) is 2.29. The Morgan fingerprint density at radius 1 is 1.29 bits per heavy atom. The van der Waals surface area contributed by atoms with E-state index in [1.165, 1.54) is 19.3 Å². The number of carbonyl (C=O) groups excluding carboxylic acids is 1. The fraction of sp³-hybridized carbons (Fsp3) is 0.818. The molecule has 0 unspecified atom stereocenters. The van der Waals surface area contributed by atoms with Gasteiger partial charge in [-0.1, -0.05) is 0 Å². The Kier molecular flexibility index (Phi) is 8.28. The van der Waals surface area contributed by atoms with Gasteiger partial charge in [0.05, 0.1) is 6.54 Å². The number of amides is 1. The molecule has 0 saturated carbocycles. The first-order valence-corrected chi connectivity index (χ1v) is 5.86.